The van der Waals surface area contributed by atoms with Crippen molar-refractivity contribution >= 4 is 52.7 Å². The molecule has 0 aromatic carbocycles. The molecule has 0 spiro atoms. The van der Waals surface area contributed by atoms with E-state index in [2.05, 4.69) is 15.0 Å². The predicted molar refractivity (Wildman–Crippen MR) is 139 cm³/mol. The monoisotopic (exact) mass is 594 g/mol. The van der Waals surface area contributed by atoms with Crippen LogP contribution >= 0.6 is 31.3 Å². The second-order valence-electron chi connectivity index (χ2n) is 8.22. The molecule has 1 saturated heterocycles. The van der Waals surface area contributed by atoms with Gasteiger partial charge in [-0.15, -0.1) is 0 Å². The zero-order valence-corrected chi connectivity index (χ0v) is 23.9. The molecule has 2 aromatic heterocycles. The van der Waals surface area contributed by atoms with Gasteiger partial charge in [0.2, 0.25) is 5.88 Å². The van der Waals surface area contributed by atoms with Crippen LogP contribution in [0.3, 0.4) is 0 Å². The second-order valence-corrected chi connectivity index (χ2v) is 12.4. The number of fused-ring (bicyclic) bond motifs is 1. The van der Waals surface area contributed by atoms with Gasteiger partial charge in [-0.3, -0.25) is 27.7 Å². The molecular formula is C21H31N4O10PS2. The molecule has 0 unspecified atom stereocenters. The maximum Gasteiger partial charge on any atom is 0.474 e. The van der Waals surface area contributed by atoms with Crippen molar-refractivity contribution in [2.75, 3.05) is 37.9 Å². The maximum atomic E-state index is 13.2. The van der Waals surface area contributed by atoms with Crippen LogP contribution in [0.2, 0.25) is 0 Å². The normalized spacial score (nSPS) is 23.7. The number of carbonyl (C=O) groups is 2. The van der Waals surface area contributed by atoms with Crippen molar-refractivity contribution < 1.29 is 47.4 Å². The molecule has 0 bridgehead atoms. The van der Waals surface area contributed by atoms with Gasteiger partial charge in [0.15, 0.2) is 27.6 Å². The van der Waals surface area contributed by atoms with Crippen LogP contribution in [0, 0.1) is 0 Å². The minimum atomic E-state index is -4.17. The number of hydrogen-bond donors (Lipinski definition) is 2. The summed E-state index contributed by atoms with van der Waals surface area (Å²) in [6.07, 6.45) is -1.08. The number of aliphatic hydroxyl groups is 2. The van der Waals surface area contributed by atoms with Gasteiger partial charge < -0.3 is 19.7 Å². The third-order valence-electron chi connectivity index (χ3n) is 5.29. The zero-order chi connectivity index (χ0) is 27.9. The van der Waals surface area contributed by atoms with E-state index in [1.54, 1.807) is 6.92 Å². The van der Waals surface area contributed by atoms with Gasteiger partial charge in [-0.1, -0.05) is 23.5 Å². The van der Waals surface area contributed by atoms with Crippen LogP contribution in [-0.2, 0) is 32.5 Å². The fourth-order valence-electron chi connectivity index (χ4n) is 3.57. The Labute approximate surface area is 227 Å². The molecule has 3 rings (SSSR count). The molecule has 0 saturated carbocycles. The first kappa shape index (κ1) is 30.9. The summed E-state index contributed by atoms with van der Waals surface area (Å²) >= 11 is 1.96. The van der Waals surface area contributed by atoms with Crippen molar-refractivity contribution in [2.45, 2.75) is 51.7 Å². The van der Waals surface area contributed by atoms with Crippen molar-refractivity contribution in [2.24, 2.45) is 0 Å². The lowest BCUT2D eigenvalue weighted by atomic mass is 9.96. The quantitative estimate of drug-likeness (QED) is 0.239. The number of aliphatic hydroxyl groups excluding tert-OH is 1. The van der Waals surface area contributed by atoms with Crippen LogP contribution in [0.4, 0.5) is 0 Å². The number of hydrogen-bond acceptors (Lipinski definition) is 15. The average molecular weight is 595 g/mol. The highest BCUT2D eigenvalue weighted by Crippen LogP contribution is 2.51. The molecule has 212 valence electrons. The lowest BCUT2D eigenvalue weighted by Crippen LogP contribution is -2.44. The Kier molecular flexibility index (Phi) is 11.1. The molecule has 1 aliphatic rings. The molecule has 14 nitrogen and oxygen atoms in total. The Morgan fingerprint density at radius 3 is 2.34 bits per heavy atom. The summed E-state index contributed by atoms with van der Waals surface area (Å²) in [5.41, 5.74) is -1.16. The van der Waals surface area contributed by atoms with Crippen molar-refractivity contribution in [1.82, 2.24) is 19.5 Å². The van der Waals surface area contributed by atoms with E-state index >= 15 is 0 Å². The fraction of sp³-hybridized carbons (Fsp3) is 0.667. The number of nitrogens with zero attached hydrogens (tertiary/aromatic N) is 4. The summed E-state index contributed by atoms with van der Waals surface area (Å²) in [4.78, 5) is 34.8. The van der Waals surface area contributed by atoms with Gasteiger partial charge >= 0.3 is 7.82 Å². The maximum absolute atomic E-state index is 13.2. The smallest absolute Gasteiger partial charge is 0.474 e. The number of ether oxygens (including phenoxy) is 2. The number of thioether (sulfide) groups is 2. The molecule has 1 aliphatic heterocycles. The third-order valence-corrected chi connectivity index (χ3v) is 8.30. The molecule has 0 radical (unpaired) electrons. The van der Waals surface area contributed by atoms with E-state index in [-0.39, 0.29) is 40.8 Å². The van der Waals surface area contributed by atoms with Gasteiger partial charge in [0.1, 0.15) is 24.1 Å². The molecule has 17 heteroatoms. The first-order valence-corrected chi connectivity index (χ1v) is 15.1. The Bertz CT molecular complexity index is 1140. The zero-order valence-electron chi connectivity index (χ0n) is 21.3. The number of rotatable bonds is 14. The Balaban J connectivity index is 1.72. The van der Waals surface area contributed by atoms with Gasteiger partial charge in [0.05, 0.1) is 32.8 Å². The first-order chi connectivity index (χ1) is 18.0. The molecule has 2 aromatic rings. The second kappa shape index (κ2) is 13.6. The number of phosphoric ester groups is 1. The summed E-state index contributed by atoms with van der Waals surface area (Å²) in [5, 5.41) is 21.7. The van der Waals surface area contributed by atoms with E-state index < -0.39 is 38.5 Å². The van der Waals surface area contributed by atoms with E-state index in [0.717, 1.165) is 23.5 Å². The molecule has 38 heavy (non-hydrogen) atoms. The van der Waals surface area contributed by atoms with Crippen LogP contribution in [0.25, 0.3) is 11.2 Å². The number of phosphoric acid groups is 1. The van der Waals surface area contributed by atoms with E-state index in [0.29, 0.717) is 17.8 Å². The predicted octanol–water partition coefficient (Wildman–Crippen LogP) is 1.95. The van der Waals surface area contributed by atoms with E-state index in [9.17, 15) is 24.4 Å². The summed E-state index contributed by atoms with van der Waals surface area (Å²) in [6.45, 7) is 5.64. The Morgan fingerprint density at radius 1 is 1.13 bits per heavy atom. The van der Waals surface area contributed by atoms with Crippen molar-refractivity contribution in [1.29, 1.82) is 0 Å². The largest absolute Gasteiger partial charge is 0.476 e. The highest BCUT2D eigenvalue weighted by atomic mass is 32.2. The van der Waals surface area contributed by atoms with Crippen molar-refractivity contribution in [3.05, 3.63) is 12.7 Å². The van der Waals surface area contributed by atoms with E-state index in [4.69, 9.17) is 23.0 Å². The lowest BCUT2D eigenvalue weighted by molar-refractivity contribution is -0.109. The van der Waals surface area contributed by atoms with Crippen LogP contribution in [0.1, 0.15) is 33.9 Å². The van der Waals surface area contributed by atoms with Gasteiger partial charge in [-0.2, -0.15) is 4.98 Å². The molecule has 0 amide bonds. The van der Waals surface area contributed by atoms with Crippen LogP contribution < -0.4 is 4.74 Å². The van der Waals surface area contributed by atoms with Gasteiger partial charge in [0, 0.05) is 25.4 Å². The minimum Gasteiger partial charge on any atom is -0.476 e. The Hall–Kier alpha value is -1.62. The highest BCUT2D eigenvalue weighted by molar-refractivity contribution is 8.13. The van der Waals surface area contributed by atoms with Crippen LogP contribution in [0.5, 0.6) is 5.88 Å². The molecule has 1 fully saturated rings. The van der Waals surface area contributed by atoms with Gasteiger partial charge in [-0.05, 0) is 13.8 Å². The van der Waals surface area contributed by atoms with Crippen LogP contribution in [0.15, 0.2) is 12.7 Å². The topological polar surface area (TPSA) is 181 Å². The number of carbonyl (C=O) groups excluding carboxylic acids is 2. The third kappa shape index (κ3) is 7.73. The SMILES string of the molecule is CCOc1ncnc2c1ncn2[C@@H]1O[C@H](COP(=O)(OCCSC(C)=O)OCCSC(C)=O)[C@@H](O)[C@@]1(C)O. The standard InChI is InChI=1S/C21H31N4O10PS2/c1-5-31-19-16-18(22-11-23-19)25(12-24-16)20-21(4,29)17(28)15(35-20)10-34-36(30,32-6-8-37-13(2)26)33-7-9-38-14(3)27/h11-12,15,17,20,28-29H,5-10H2,1-4H3/t15-,17-,20-,21-/m1/s1. The first-order valence-electron chi connectivity index (χ1n) is 11.6. The van der Waals surface area contributed by atoms with Crippen molar-refractivity contribution in [3.8, 4) is 5.88 Å². The van der Waals surface area contributed by atoms with E-state index in [1.165, 1.54) is 38.0 Å². The summed E-state index contributed by atoms with van der Waals surface area (Å²) in [7, 11) is -4.17. The Morgan fingerprint density at radius 2 is 1.76 bits per heavy atom. The minimum absolute atomic E-state index is 0.112. The molecule has 0 aliphatic carbocycles. The summed E-state index contributed by atoms with van der Waals surface area (Å²) in [6, 6.07) is 0. The lowest BCUT2D eigenvalue weighted by Gasteiger charge is -2.27. The number of aromatic nitrogens is 4. The summed E-state index contributed by atoms with van der Waals surface area (Å²) < 4.78 is 42.1. The van der Waals surface area contributed by atoms with Crippen LogP contribution in [-0.4, -0.2) is 95.7 Å². The number of imidazole rings is 1. The van der Waals surface area contributed by atoms with E-state index in [1.807, 2.05) is 0 Å². The fourth-order valence-corrected chi connectivity index (χ4v) is 5.91. The van der Waals surface area contributed by atoms with Gasteiger partial charge in [0.25, 0.3) is 0 Å². The summed E-state index contributed by atoms with van der Waals surface area (Å²) in [5.74, 6) is 0.690. The highest BCUT2D eigenvalue weighted by Gasteiger charge is 2.54. The molecule has 2 N–H and O–H groups in total. The average Bonchev–Trinajstić information content (AvgIpc) is 3.38. The van der Waals surface area contributed by atoms with Crippen molar-refractivity contribution in [3.63, 3.8) is 0 Å². The van der Waals surface area contributed by atoms with Gasteiger partial charge in [-0.25, -0.2) is 14.5 Å². The molecule has 4 atom stereocenters. The molecular weight excluding hydrogens is 563 g/mol. The molecule has 3 heterocycles.